The Kier molecular flexibility index (Phi) is 3.78. The van der Waals surface area contributed by atoms with E-state index in [1.54, 1.807) is 0 Å². The van der Waals surface area contributed by atoms with Crippen LogP contribution in [0.4, 0.5) is 26.3 Å². The number of aromatic nitrogens is 2. The number of ether oxygens (including phenoxy) is 1. The van der Waals surface area contributed by atoms with E-state index in [-0.39, 0.29) is 10.2 Å². The van der Waals surface area contributed by atoms with Gasteiger partial charge in [0.25, 0.3) is 6.10 Å². The van der Waals surface area contributed by atoms with Gasteiger partial charge in [-0.3, -0.25) is 0 Å². The molecule has 21 heavy (non-hydrogen) atoms. The summed E-state index contributed by atoms with van der Waals surface area (Å²) in [5.74, 6) is -1.74. The molecule has 0 bridgehead atoms. The number of hydrogen-bond donors (Lipinski definition) is 0. The zero-order valence-electron chi connectivity index (χ0n) is 9.70. The first-order valence-corrected chi connectivity index (χ1v) is 5.93. The third-order valence-corrected chi connectivity index (χ3v) is 3.09. The highest BCUT2D eigenvalue weighted by molar-refractivity contribution is 7.13. The number of alkyl halides is 6. The Hall–Kier alpha value is -1.91. The van der Waals surface area contributed by atoms with Crippen molar-refractivity contribution in [2.45, 2.75) is 18.5 Å². The molecule has 114 valence electrons. The van der Waals surface area contributed by atoms with Gasteiger partial charge in [-0.1, -0.05) is 10.6 Å². The molecule has 0 saturated heterocycles. The molecular weight excluding hydrogens is 326 g/mol. The lowest BCUT2D eigenvalue weighted by atomic mass is 10.2. The average molecular weight is 330 g/mol. The Morgan fingerprint density at radius 1 is 1.14 bits per heavy atom. The minimum atomic E-state index is -5.76. The fraction of sp³-hybridized carbons (Fsp3) is 0.300. The van der Waals surface area contributed by atoms with Gasteiger partial charge in [0.2, 0.25) is 0 Å². The van der Waals surface area contributed by atoms with Gasteiger partial charge in [-0.05, 0) is 23.7 Å². The first-order chi connectivity index (χ1) is 9.60. The highest BCUT2D eigenvalue weighted by Gasteiger charge is 2.60. The van der Waals surface area contributed by atoms with Crippen LogP contribution in [0.2, 0.25) is 0 Å². The molecule has 1 aromatic heterocycles. The second-order valence-corrected chi connectivity index (χ2v) is 4.55. The number of hydrogen-bond acceptors (Lipinski definition) is 5. The largest absolute Gasteiger partial charge is 0.439 e. The van der Waals surface area contributed by atoms with Crippen LogP contribution in [0.3, 0.4) is 0 Å². The number of rotatable bonds is 2. The Bertz CT molecular complexity index is 651. The maximum atomic E-state index is 12.3. The van der Waals surface area contributed by atoms with E-state index in [0.29, 0.717) is 11.5 Å². The van der Waals surface area contributed by atoms with Crippen molar-refractivity contribution in [2.75, 3.05) is 0 Å². The number of benzene rings is 1. The molecule has 0 aliphatic rings. The number of nitrogens with zero attached hydrogens (tertiary/aromatic N) is 2. The summed E-state index contributed by atoms with van der Waals surface area (Å²) in [5.41, 5.74) is -0.286. The first kappa shape index (κ1) is 15.5. The van der Waals surface area contributed by atoms with Crippen molar-refractivity contribution in [3.05, 3.63) is 23.8 Å². The monoisotopic (exact) mass is 330 g/mol. The van der Waals surface area contributed by atoms with Gasteiger partial charge in [-0.15, -0.1) is 5.10 Å². The molecule has 0 saturated carbocycles. The average Bonchev–Trinajstić information content (AvgIpc) is 2.80. The smallest absolute Gasteiger partial charge is 0.434 e. The van der Waals surface area contributed by atoms with Crippen molar-refractivity contribution >= 4 is 27.7 Å². The van der Waals surface area contributed by atoms with E-state index >= 15 is 0 Å². The first-order valence-electron chi connectivity index (χ1n) is 5.16. The summed E-state index contributed by atoms with van der Waals surface area (Å²) in [6.45, 7) is 0. The van der Waals surface area contributed by atoms with Gasteiger partial charge in [-0.25, -0.2) is 4.79 Å². The van der Waals surface area contributed by atoms with Crippen LogP contribution in [-0.4, -0.2) is 34.0 Å². The zero-order valence-corrected chi connectivity index (χ0v) is 10.5. The molecule has 0 unspecified atom stereocenters. The lowest BCUT2D eigenvalue weighted by molar-refractivity contribution is -0.307. The lowest BCUT2D eigenvalue weighted by Crippen LogP contribution is -2.45. The number of carbonyl (C=O) groups excluding carboxylic acids is 1. The molecule has 0 fully saturated rings. The maximum absolute atomic E-state index is 12.3. The number of carbonyl (C=O) groups is 1. The second-order valence-electron chi connectivity index (χ2n) is 3.80. The third-order valence-electron chi connectivity index (χ3n) is 2.31. The second kappa shape index (κ2) is 5.13. The van der Waals surface area contributed by atoms with Crippen LogP contribution in [0.5, 0.6) is 0 Å². The van der Waals surface area contributed by atoms with Crippen LogP contribution in [0.25, 0.3) is 10.2 Å². The molecule has 0 amide bonds. The van der Waals surface area contributed by atoms with E-state index < -0.39 is 30.0 Å². The molecule has 4 nitrogen and oxygen atoms in total. The Labute approximate surface area is 116 Å². The van der Waals surface area contributed by atoms with Gasteiger partial charge < -0.3 is 4.74 Å². The van der Waals surface area contributed by atoms with Gasteiger partial charge in [0.15, 0.2) is 0 Å². The van der Waals surface area contributed by atoms with Crippen LogP contribution >= 0.6 is 11.5 Å². The minimum Gasteiger partial charge on any atom is -0.439 e. The van der Waals surface area contributed by atoms with E-state index in [1.165, 1.54) is 12.1 Å². The SMILES string of the molecule is O=C(OC(C(F)(F)F)C(F)(F)F)c1cccc2nnsc12. The summed E-state index contributed by atoms with van der Waals surface area (Å²) in [7, 11) is 0. The molecular formula is C10H4F6N2O2S. The Morgan fingerprint density at radius 2 is 1.76 bits per heavy atom. The third kappa shape index (κ3) is 3.23. The molecule has 0 spiro atoms. The topological polar surface area (TPSA) is 52.1 Å². The fourth-order valence-corrected chi connectivity index (χ4v) is 2.12. The molecule has 0 radical (unpaired) electrons. The summed E-state index contributed by atoms with van der Waals surface area (Å²) in [6.07, 6.45) is -15.7. The molecule has 11 heteroatoms. The van der Waals surface area contributed by atoms with Crippen molar-refractivity contribution < 1.29 is 35.9 Å². The van der Waals surface area contributed by atoms with Gasteiger partial charge in [-0.2, -0.15) is 26.3 Å². The van der Waals surface area contributed by atoms with Crippen LogP contribution in [0, 0.1) is 0 Å². The molecule has 2 rings (SSSR count). The quantitative estimate of drug-likeness (QED) is 0.626. The van der Waals surface area contributed by atoms with Crippen molar-refractivity contribution in [2.24, 2.45) is 0 Å². The fourth-order valence-electron chi connectivity index (χ4n) is 1.46. The lowest BCUT2D eigenvalue weighted by Gasteiger charge is -2.22. The molecule has 1 heterocycles. The predicted octanol–water partition coefficient (Wildman–Crippen LogP) is 3.34. The molecule has 0 aliphatic heterocycles. The van der Waals surface area contributed by atoms with E-state index in [0.717, 1.165) is 6.07 Å². The van der Waals surface area contributed by atoms with Gasteiger partial charge >= 0.3 is 18.3 Å². The van der Waals surface area contributed by atoms with E-state index in [2.05, 4.69) is 14.3 Å². The van der Waals surface area contributed by atoms with E-state index in [1.807, 2.05) is 0 Å². The van der Waals surface area contributed by atoms with Crippen LogP contribution in [0.15, 0.2) is 18.2 Å². The van der Waals surface area contributed by atoms with Gasteiger partial charge in [0.05, 0.1) is 10.3 Å². The summed E-state index contributed by atoms with van der Waals surface area (Å²) in [4.78, 5) is 11.6. The van der Waals surface area contributed by atoms with Gasteiger partial charge in [0.1, 0.15) is 5.52 Å². The highest BCUT2D eigenvalue weighted by atomic mass is 32.1. The summed E-state index contributed by atoms with van der Waals surface area (Å²) in [6, 6.07) is 3.69. The molecule has 1 aromatic carbocycles. The van der Waals surface area contributed by atoms with Crippen molar-refractivity contribution in [1.82, 2.24) is 9.59 Å². The summed E-state index contributed by atoms with van der Waals surface area (Å²) >= 11 is 0.660. The van der Waals surface area contributed by atoms with E-state index in [4.69, 9.17) is 0 Å². The summed E-state index contributed by atoms with van der Waals surface area (Å²) in [5, 5.41) is 3.55. The maximum Gasteiger partial charge on any atom is 0.434 e. The minimum absolute atomic E-state index is 0.0469. The predicted molar refractivity (Wildman–Crippen MR) is 58.7 cm³/mol. The van der Waals surface area contributed by atoms with Crippen molar-refractivity contribution in [1.29, 1.82) is 0 Å². The van der Waals surface area contributed by atoms with Gasteiger partial charge in [0, 0.05) is 0 Å². The highest BCUT2D eigenvalue weighted by Crippen LogP contribution is 2.36. The zero-order chi connectivity index (χ0) is 15.8. The van der Waals surface area contributed by atoms with Crippen molar-refractivity contribution in [3.63, 3.8) is 0 Å². The number of esters is 1. The van der Waals surface area contributed by atoms with Crippen LogP contribution in [0.1, 0.15) is 10.4 Å². The number of halogens is 6. The normalized spacial score (nSPS) is 12.9. The molecule has 0 N–H and O–H groups in total. The molecule has 2 aromatic rings. The molecule has 0 atom stereocenters. The van der Waals surface area contributed by atoms with Crippen LogP contribution < -0.4 is 0 Å². The summed E-state index contributed by atoms with van der Waals surface area (Å²) < 4.78 is 81.1. The molecule has 0 aliphatic carbocycles. The standard InChI is InChI=1S/C10H4F6N2O2S/c11-9(12,13)8(10(14,15)16)20-7(19)4-2-1-3-5-6(4)21-18-17-5/h1-3,8H. The number of fused-ring (bicyclic) bond motifs is 1. The van der Waals surface area contributed by atoms with E-state index in [9.17, 15) is 31.1 Å². The Balaban J connectivity index is 2.34. The van der Waals surface area contributed by atoms with Crippen molar-refractivity contribution in [3.8, 4) is 0 Å². The van der Waals surface area contributed by atoms with Crippen LogP contribution in [-0.2, 0) is 4.74 Å². The Morgan fingerprint density at radius 3 is 2.33 bits per heavy atom.